The molecule has 2 atom stereocenters. The Hall–Kier alpha value is -2.85. The summed E-state index contributed by atoms with van der Waals surface area (Å²) in [6, 6.07) is 11.2. The van der Waals surface area contributed by atoms with Gasteiger partial charge < -0.3 is 14.6 Å². The van der Waals surface area contributed by atoms with Crippen molar-refractivity contribution in [2.45, 2.75) is 31.3 Å². The molecule has 2 saturated heterocycles. The minimum atomic E-state index is -0.288. The maximum atomic E-state index is 12.5. The van der Waals surface area contributed by atoms with E-state index in [4.69, 9.17) is 9.68 Å². The average Bonchev–Trinajstić information content (AvgIpc) is 3.40. The van der Waals surface area contributed by atoms with Crippen LogP contribution in [0.4, 0.5) is 0 Å². The molecule has 7 nitrogen and oxygen atoms in total. The van der Waals surface area contributed by atoms with Crippen LogP contribution < -0.4 is 5.32 Å². The molecule has 0 saturated carbocycles. The van der Waals surface area contributed by atoms with Gasteiger partial charge in [-0.25, -0.2) is 0 Å². The lowest BCUT2D eigenvalue weighted by Gasteiger charge is -2.23. The quantitative estimate of drug-likeness (QED) is 0.890. The van der Waals surface area contributed by atoms with E-state index >= 15 is 0 Å². The van der Waals surface area contributed by atoms with E-state index in [1.165, 1.54) is 0 Å². The van der Waals surface area contributed by atoms with Crippen molar-refractivity contribution in [2.75, 3.05) is 26.2 Å². The summed E-state index contributed by atoms with van der Waals surface area (Å²) in [5.41, 5.74) is 0.693. The number of fused-ring (bicyclic) bond motifs is 1. The monoisotopic (exact) mass is 366 g/mol. The summed E-state index contributed by atoms with van der Waals surface area (Å²) in [7, 11) is 0. The van der Waals surface area contributed by atoms with Gasteiger partial charge in [0.1, 0.15) is 11.6 Å². The number of rotatable bonds is 4. The predicted octanol–water partition coefficient (Wildman–Crippen LogP) is 1.75. The molecular formula is C20H22N4O3. The van der Waals surface area contributed by atoms with Crippen LogP contribution in [0.2, 0.25) is 0 Å². The van der Waals surface area contributed by atoms with Gasteiger partial charge in [0.15, 0.2) is 5.76 Å². The summed E-state index contributed by atoms with van der Waals surface area (Å²) < 4.78 is 5.61. The average molecular weight is 366 g/mol. The van der Waals surface area contributed by atoms with Crippen LogP contribution in [-0.2, 0) is 4.79 Å². The number of amides is 2. The molecule has 0 radical (unpaired) electrons. The van der Waals surface area contributed by atoms with Crippen LogP contribution in [0.25, 0.3) is 11.0 Å². The molecule has 4 rings (SSSR count). The molecule has 140 valence electrons. The topological polar surface area (TPSA) is 89.6 Å². The third-order valence-electron chi connectivity index (χ3n) is 5.34. The lowest BCUT2D eigenvalue weighted by molar-refractivity contribution is -0.132. The van der Waals surface area contributed by atoms with Gasteiger partial charge in [-0.1, -0.05) is 18.2 Å². The highest BCUT2D eigenvalue weighted by Crippen LogP contribution is 2.20. The van der Waals surface area contributed by atoms with E-state index in [2.05, 4.69) is 11.4 Å². The fourth-order valence-corrected chi connectivity index (χ4v) is 3.93. The Balaban J connectivity index is 1.31. The number of hydrogen-bond acceptors (Lipinski definition) is 5. The molecule has 0 unspecified atom stereocenters. The molecule has 2 fully saturated rings. The van der Waals surface area contributed by atoms with Crippen LogP contribution in [0, 0.1) is 11.3 Å². The molecule has 1 aromatic carbocycles. The highest BCUT2D eigenvalue weighted by molar-refractivity contribution is 5.96. The van der Waals surface area contributed by atoms with Crippen molar-refractivity contribution in [2.24, 2.45) is 0 Å². The smallest absolute Gasteiger partial charge is 0.287 e. The van der Waals surface area contributed by atoms with Gasteiger partial charge in [0.05, 0.1) is 12.6 Å². The van der Waals surface area contributed by atoms with E-state index in [9.17, 15) is 9.59 Å². The lowest BCUT2D eigenvalue weighted by atomic mass is 10.2. The fraction of sp³-hybridized carbons (Fsp3) is 0.450. The number of nitrogens with one attached hydrogen (secondary N) is 1. The van der Waals surface area contributed by atoms with Crippen LogP contribution >= 0.6 is 0 Å². The molecule has 1 N–H and O–H groups in total. The molecule has 0 spiro atoms. The number of nitriles is 1. The van der Waals surface area contributed by atoms with Crippen molar-refractivity contribution in [3.8, 4) is 6.07 Å². The molecular weight excluding hydrogens is 344 g/mol. The molecule has 2 aliphatic rings. The van der Waals surface area contributed by atoms with Crippen molar-refractivity contribution < 1.29 is 14.0 Å². The van der Waals surface area contributed by atoms with Crippen molar-refractivity contribution in [1.29, 1.82) is 5.26 Å². The first kappa shape index (κ1) is 17.6. The molecule has 3 heterocycles. The molecule has 0 aliphatic carbocycles. The van der Waals surface area contributed by atoms with Gasteiger partial charge in [0, 0.05) is 31.1 Å². The highest BCUT2D eigenvalue weighted by atomic mass is 16.3. The van der Waals surface area contributed by atoms with Crippen LogP contribution in [0.5, 0.6) is 0 Å². The van der Waals surface area contributed by atoms with E-state index in [1.54, 1.807) is 11.0 Å². The molecule has 1 aromatic heterocycles. The highest BCUT2D eigenvalue weighted by Gasteiger charge is 2.32. The van der Waals surface area contributed by atoms with E-state index in [1.807, 2.05) is 29.2 Å². The van der Waals surface area contributed by atoms with Gasteiger partial charge in [0.25, 0.3) is 5.91 Å². The normalized spacial score (nSPS) is 22.9. The zero-order valence-corrected chi connectivity index (χ0v) is 15.1. The minimum Gasteiger partial charge on any atom is -0.451 e. The third kappa shape index (κ3) is 3.67. The first-order valence-corrected chi connectivity index (χ1v) is 9.35. The van der Waals surface area contributed by atoms with Crippen LogP contribution in [0.1, 0.15) is 29.8 Å². The summed E-state index contributed by atoms with van der Waals surface area (Å²) >= 11 is 0. The van der Waals surface area contributed by atoms with Crippen LogP contribution in [0.15, 0.2) is 34.7 Å². The Morgan fingerprint density at radius 3 is 2.93 bits per heavy atom. The Bertz CT molecular complexity index is 867. The Kier molecular flexibility index (Phi) is 4.82. The zero-order valence-electron chi connectivity index (χ0n) is 15.1. The summed E-state index contributed by atoms with van der Waals surface area (Å²) in [6.07, 6.45) is 2.44. The van der Waals surface area contributed by atoms with Crippen molar-refractivity contribution in [1.82, 2.24) is 15.1 Å². The molecule has 27 heavy (non-hydrogen) atoms. The van der Waals surface area contributed by atoms with Crippen molar-refractivity contribution in [3.63, 3.8) is 0 Å². The molecule has 0 bridgehead atoms. The molecule has 2 aliphatic heterocycles. The van der Waals surface area contributed by atoms with Crippen LogP contribution in [0.3, 0.4) is 0 Å². The fourth-order valence-electron chi connectivity index (χ4n) is 3.93. The van der Waals surface area contributed by atoms with Crippen molar-refractivity contribution >= 4 is 22.8 Å². The third-order valence-corrected chi connectivity index (χ3v) is 5.34. The number of hydrogen-bond donors (Lipinski definition) is 1. The first-order valence-electron chi connectivity index (χ1n) is 9.35. The number of likely N-dealkylation sites (tertiary alicyclic amines) is 2. The molecule has 2 amide bonds. The van der Waals surface area contributed by atoms with Crippen LogP contribution in [-0.4, -0.2) is 59.9 Å². The Morgan fingerprint density at radius 1 is 1.26 bits per heavy atom. The second-order valence-electron chi connectivity index (χ2n) is 7.22. The molecule has 2 aromatic rings. The maximum absolute atomic E-state index is 12.5. The van der Waals surface area contributed by atoms with E-state index in [0.29, 0.717) is 31.0 Å². The summed E-state index contributed by atoms with van der Waals surface area (Å²) in [4.78, 5) is 28.6. The SMILES string of the molecule is N#C[C@@H]1CCCN1C(=O)CN1CC[C@H](NC(=O)c2cc3ccccc3o2)C1. The first-order chi connectivity index (χ1) is 13.1. The Morgan fingerprint density at radius 2 is 2.11 bits per heavy atom. The standard InChI is InChI=1S/C20H22N4O3/c21-11-16-5-3-8-24(16)19(25)13-23-9-7-15(12-23)22-20(26)18-10-14-4-1-2-6-17(14)27-18/h1-2,4,6,10,15-16H,3,5,7-9,12-13H2,(H,22,26)/t15-,16-/m0/s1. The lowest BCUT2D eigenvalue weighted by Crippen LogP contribution is -2.43. The Labute approximate surface area is 157 Å². The van der Waals surface area contributed by atoms with Gasteiger partial charge >= 0.3 is 0 Å². The second kappa shape index (κ2) is 7.41. The van der Waals surface area contributed by atoms with Gasteiger partial charge in [0.2, 0.25) is 5.91 Å². The second-order valence-corrected chi connectivity index (χ2v) is 7.22. The predicted molar refractivity (Wildman–Crippen MR) is 98.9 cm³/mol. The zero-order chi connectivity index (χ0) is 18.8. The van der Waals surface area contributed by atoms with Gasteiger partial charge in [-0.2, -0.15) is 5.26 Å². The van der Waals surface area contributed by atoms with Gasteiger partial charge in [-0.3, -0.25) is 14.5 Å². The number of carbonyl (C=O) groups excluding carboxylic acids is 2. The van der Waals surface area contributed by atoms with E-state index < -0.39 is 0 Å². The minimum absolute atomic E-state index is 0.00307. The largest absolute Gasteiger partial charge is 0.451 e. The summed E-state index contributed by atoms with van der Waals surface area (Å²) in [5.74, 6) is 0.0800. The summed E-state index contributed by atoms with van der Waals surface area (Å²) in [5, 5.41) is 13.0. The van der Waals surface area contributed by atoms with Crippen molar-refractivity contribution in [3.05, 3.63) is 36.1 Å². The van der Waals surface area contributed by atoms with E-state index in [0.717, 1.165) is 31.2 Å². The van der Waals surface area contributed by atoms with Gasteiger partial charge in [-0.05, 0) is 31.4 Å². The number of furan rings is 1. The van der Waals surface area contributed by atoms with E-state index in [-0.39, 0.29) is 23.9 Å². The number of para-hydroxylation sites is 1. The van der Waals surface area contributed by atoms with Gasteiger partial charge in [-0.15, -0.1) is 0 Å². The summed E-state index contributed by atoms with van der Waals surface area (Å²) in [6.45, 7) is 2.34. The number of carbonyl (C=O) groups is 2. The molecule has 7 heteroatoms. The maximum Gasteiger partial charge on any atom is 0.287 e. The number of benzene rings is 1. The number of nitrogens with zero attached hydrogens (tertiary/aromatic N) is 3.